The van der Waals surface area contributed by atoms with Gasteiger partial charge in [0.25, 0.3) is 0 Å². The first kappa shape index (κ1) is 10.9. The zero-order valence-corrected chi connectivity index (χ0v) is 8.45. The predicted molar refractivity (Wildman–Crippen MR) is 52.8 cm³/mol. The molecule has 0 aliphatic rings. The highest BCUT2D eigenvalue weighted by Gasteiger charge is 2.09. The van der Waals surface area contributed by atoms with Crippen molar-refractivity contribution < 1.29 is 4.74 Å². The van der Waals surface area contributed by atoms with Gasteiger partial charge < -0.3 is 10.5 Å². The molecule has 1 rings (SSSR count). The van der Waals surface area contributed by atoms with Crippen LogP contribution in [0.2, 0.25) is 5.02 Å². The number of halogens is 1. The molecule has 2 N–H and O–H groups in total. The van der Waals surface area contributed by atoms with Gasteiger partial charge >= 0.3 is 0 Å². The van der Waals surface area contributed by atoms with Crippen LogP contribution in [0, 0.1) is 11.3 Å². The molecule has 0 fully saturated rings. The van der Waals surface area contributed by atoms with Crippen LogP contribution in [0.25, 0.3) is 0 Å². The molecule has 0 saturated heterocycles. The van der Waals surface area contributed by atoms with Gasteiger partial charge in [-0.25, -0.2) is 4.98 Å². The van der Waals surface area contributed by atoms with Crippen LogP contribution in [-0.2, 0) is 4.74 Å². The highest BCUT2D eigenvalue weighted by molar-refractivity contribution is 6.31. The molecular formula is C9H10ClN3O. The second kappa shape index (κ2) is 4.91. The van der Waals surface area contributed by atoms with Crippen LogP contribution in [-0.4, -0.2) is 18.7 Å². The summed E-state index contributed by atoms with van der Waals surface area (Å²) in [5.41, 5.74) is 6.53. The Morgan fingerprint density at radius 2 is 2.43 bits per heavy atom. The van der Waals surface area contributed by atoms with E-state index >= 15 is 0 Å². The summed E-state index contributed by atoms with van der Waals surface area (Å²) in [5.74, 6) is 0. The van der Waals surface area contributed by atoms with Crippen molar-refractivity contribution in [2.45, 2.75) is 6.04 Å². The van der Waals surface area contributed by atoms with Crippen LogP contribution in [0.4, 0.5) is 0 Å². The van der Waals surface area contributed by atoms with Crippen LogP contribution in [0.15, 0.2) is 12.1 Å². The van der Waals surface area contributed by atoms with Gasteiger partial charge in [0.2, 0.25) is 0 Å². The summed E-state index contributed by atoms with van der Waals surface area (Å²) in [6, 6.07) is 4.86. The summed E-state index contributed by atoms with van der Waals surface area (Å²) >= 11 is 5.72. The third kappa shape index (κ3) is 2.42. The van der Waals surface area contributed by atoms with Crippen molar-refractivity contribution in [1.29, 1.82) is 5.26 Å². The maximum Gasteiger partial charge on any atom is 0.159 e. The fourth-order valence-electron chi connectivity index (χ4n) is 1.01. The van der Waals surface area contributed by atoms with Crippen molar-refractivity contribution in [3.05, 3.63) is 28.5 Å². The molecule has 0 unspecified atom stereocenters. The summed E-state index contributed by atoms with van der Waals surface area (Å²) in [6.45, 7) is 0.361. The minimum atomic E-state index is -0.329. The highest BCUT2D eigenvalue weighted by Crippen LogP contribution is 2.16. The van der Waals surface area contributed by atoms with Crippen molar-refractivity contribution in [3.8, 4) is 6.07 Å². The van der Waals surface area contributed by atoms with Crippen LogP contribution >= 0.6 is 11.6 Å². The number of nitriles is 1. The van der Waals surface area contributed by atoms with Crippen LogP contribution < -0.4 is 5.73 Å². The summed E-state index contributed by atoms with van der Waals surface area (Å²) in [5, 5.41) is 9.02. The van der Waals surface area contributed by atoms with Crippen LogP contribution in [0.3, 0.4) is 0 Å². The third-order valence-corrected chi connectivity index (χ3v) is 2.00. The Balaban J connectivity index is 2.95. The topological polar surface area (TPSA) is 71.9 Å². The van der Waals surface area contributed by atoms with Crippen LogP contribution in [0.5, 0.6) is 0 Å². The Kier molecular flexibility index (Phi) is 3.84. The summed E-state index contributed by atoms with van der Waals surface area (Å²) in [7, 11) is 1.56. The van der Waals surface area contributed by atoms with E-state index in [0.29, 0.717) is 17.3 Å². The Bertz CT molecular complexity index is 362. The molecule has 1 heterocycles. The lowest BCUT2D eigenvalue weighted by atomic mass is 10.2. The molecule has 1 aromatic heterocycles. The lowest BCUT2D eigenvalue weighted by Gasteiger charge is -2.09. The molecular weight excluding hydrogens is 202 g/mol. The lowest BCUT2D eigenvalue weighted by molar-refractivity contribution is 0.179. The molecule has 5 heteroatoms. The first-order chi connectivity index (χ1) is 6.69. The zero-order valence-electron chi connectivity index (χ0n) is 7.70. The number of pyridine rings is 1. The second-order valence-corrected chi connectivity index (χ2v) is 3.15. The summed E-state index contributed by atoms with van der Waals surface area (Å²) < 4.78 is 4.88. The highest BCUT2D eigenvalue weighted by atomic mass is 35.5. The molecule has 0 aliphatic heterocycles. The Morgan fingerprint density at radius 3 is 3.00 bits per heavy atom. The minimum absolute atomic E-state index is 0.190. The van der Waals surface area contributed by atoms with E-state index in [9.17, 15) is 0 Å². The average Bonchev–Trinajstić information content (AvgIpc) is 2.19. The Labute approximate surface area is 87.3 Å². The van der Waals surface area contributed by atoms with Gasteiger partial charge in [0.05, 0.1) is 23.4 Å². The first-order valence-corrected chi connectivity index (χ1v) is 4.38. The maximum absolute atomic E-state index is 8.69. The van der Waals surface area contributed by atoms with E-state index in [1.54, 1.807) is 19.2 Å². The van der Waals surface area contributed by atoms with Gasteiger partial charge in [-0.1, -0.05) is 11.6 Å². The Hall–Kier alpha value is -1.15. The summed E-state index contributed by atoms with van der Waals surface area (Å²) in [6.07, 6.45) is 0. The SMILES string of the molecule is COC[C@@H](N)c1ccc(Cl)c(C#N)n1. The Morgan fingerprint density at radius 1 is 1.71 bits per heavy atom. The molecule has 4 nitrogen and oxygen atoms in total. The fourth-order valence-corrected chi connectivity index (χ4v) is 1.15. The number of ether oxygens (including phenoxy) is 1. The van der Waals surface area contributed by atoms with Gasteiger partial charge in [0.1, 0.15) is 6.07 Å². The molecule has 0 saturated carbocycles. The standard InChI is InChI=1S/C9H10ClN3O/c1-14-5-7(12)8-3-2-6(10)9(4-11)13-8/h2-3,7H,5,12H2,1H3/t7-/m1/s1. The molecule has 0 amide bonds. The normalized spacial score (nSPS) is 12.1. The maximum atomic E-state index is 8.69. The van der Waals surface area contributed by atoms with Crippen molar-refractivity contribution in [2.75, 3.05) is 13.7 Å². The molecule has 0 radical (unpaired) electrons. The molecule has 0 bridgehead atoms. The van der Waals surface area contributed by atoms with Gasteiger partial charge in [0, 0.05) is 7.11 Å². The molecule has 74 valence electrons. The number of rotatable bonds is 3. The van der Waals surface area contributed by atoms with E-state index in [4.69, 9.17) is 27.3 Å². The van der Waals surface area contributed by atoms with Gasteiger partial charge in [0.15, 0.2) is 5.69 Å². The number of methoxy groups -OCH3 is 1. The lowest BCUT2D eigenvalue weighted by Crippen LogP contribution is -2.17. The smallest absolute Gasteiger partial charge is 0.159 e. The monoisotopic (exact) mass is 211 g/mol. The van der Waals surface area contributed by atoms with E-state index < -0.39 is 0 Å². The van der Waals surface area contributed by atoms with E-state index in [-0.39, 0.29) is 11.7 Å². The van der Waals surface area contributed by atoms with Crippen molar-refractivity contribution in [1.82, 2.24) is 4.98 Å². The van der Waals surface area contributed by atoms with E-state index in [1.807, 2.05) is 6.07 Å². The quantitative estimate of drug-likeness (QED) is 0.817. The predicted octanol–water partition coefficient (Wildman–Crippen LogP) is 1.25. The van der Waals surface area contributed by atoms with Gasteiger partial charge in [-0.05, 0) is 12.1 Å². The van der Waals surface area contributed by atoms with Gasteiger partial charge in [-0.15, -0.1) is 0 Å². The number of hydrogen-bond acceptors (Lipinski definition) is 4. The minimum Gasteiger partial charge on any atom is -0.383 e. The summed E-state index contributed by atoms with van der Waals surface area (Å²) in [4.78, 5) is 4.01. The molecule has 0 aliphatic carbocycles. The largest absolute Gasteiger partial charge is 0.383 e. The molecule has 14 heavy (non-hydrogen) atoms. The van der Waals surface area contributed by atoms with E-state index in [2.05, 4.69) is 4.98 Å². The molecule has 1 atom stereocenters. The van der Waals surface area contributed by atoms with E-state index in [1.165, 1.54) is 0 Å². The zero-order chi connectivity index (χ0) is 10.6. The molecule has 1 aromatic rings. The van der Waals surface area contributed by atoms with Gasteiger partial charge in [-0.3, -0.25) is 0 Å². The van der Waals surface area contributed by atoms with E-state index in [0.717, 1.165) is 0 Å². The molecule has 0 spiro atoms. The van der Waals surface area contributed by atoms with Crippen molar-refractivity contribution in [3.63, 3.8) is 0 Å². The molecule has 0 aromatic carbocycles. The number of nitrogens with zero attached hydrogens (tertiary/aromatic N) is 2. The third-order valence-electron chi connectivity index (χ3n) is 1.70. The van der Waals surface area contributed by atoms with Crippen molar-refractivity contribution in [2.24, 2.45) is 5.73 Å². The number of nitrogens with two attached hydrogens (primary N) is 1. The first-order valence-electron chi connectivity index (χ1n) is 4.00. The fraction of sp³-hybridized carbons (Fsp3) is 0.333. The van der Waals surface area contributed by atoms with Crippen molar-refractivity contribution >= 4 is 11.6 Å². The number of hydrogen-bond donors (Lipinski definition) is 1. The average molecular weight is 212 g/mol. The number of aromatic nitrogens is 1. The van der Waals surface area contributed by atoms with Crippen LogP contribution in [0.1, 0.15) is 17.4 Å². The second-order valence-electron chi connectivity index (χ2n) is 2.74. The van der Waals surface area contributed by atoms with Gasteiger partial charge in [-0.2, -0.15) is 5.26 Å².